The molecule has 1 amide bonds. The van der Waals surface area contributed by atoms with Gasteiger partial charge in [-0.25, -0.2) is 0 Å². The molecule has 0 radical (unpaired) electrons. The molecule has 6 heteroatoms. The number of ether oxygens (including phenoxy) is 2. The zero-order chi connectivity index (χ0) is 24.2. The van der Waals surface area contributed by atoms with Gasteiger partial charge in [-0.05, 0) is 19.3 Å². The third-order valence-electron chi connectivity index (χ3n) is 6.64. The normalized spacial score (nSPS) is 18.3. The average Bonchev–Trinajstić information content (AvgIpc) is 2.80. The fourth-order valence-electron chi connectivity index (χ4n) is 4.58. The molecule has 0 bridgehead atoms. The minimum atomic E-state index is -0.430. The quantitative estimate of drug-likeness (QED) is 0.109. The molecule has 1 N–H and O–H groups in total. The lowest BCUT2D eigenvalue weighted by Gasteiger charge is -2.37. The second-order valence-corrected chi connectivity index (χ2v) is 9.60. The van der Waals surface area contributed by atoms with E-state index in [2.05, 4.69) is 19.2 Å². The van der Waals surface area contributed by atoms with Crippen LogP contribution in [0.1, 0.15) is 129 Å². The van der Waals surface area contributed by atoms with Gasteiger partial charge < -0.3 is 14.8 Å². The first-order valence-electron chi connectivity index (χ1n) is 13.7. The minimum Gasteiger partial charge on any atom is -0.461 e. The van der Waals surface area contributed by atoms with Gasteiger partial charge in [0, 0.05) is 6.42 Å². The number of cyclic esters (lactones) is 1. The molecule has 6 nitrogen and oxygen atoms in total. The highest BCUT2D eigenvalue weighted by molar-refractivity contribution is 5.78. The monoisotopic (exact) mass is 467 g/mol. The Morgan fingerprint density at radius 1 is 0.909 bits per heavy atom. The number of amides is 1. The Hall–Kier alpha value is -1.59. The van der Waals surface area contributed by atoms with Gasteiger partial charge in [0.2, 0.25) is 6.41 Å². The molecule has 1 aliphatic heterocycles. The number of carbonyl (C=O) groups excluding carboxylic acids is 3. The smallest absolute Gasteiger partial charge is 0.325 e. The van der Waals surface area contributed by atoms with Gasteiger partial charge in [0.05, 0.1) is 5.92 Å². The Kier molecular flexibility index (Phi) is 17.7. The SMILES string of the molecule is CCCCCCCCCCCCC[C@H](C[C@@H]1OC(=O)[C@@H]1CCCCCC)OC(=O)CNC=O. The summed E-state index contributed by atoms with van der Waals surface area (Å²) in [6.45, 7) is 4.30. The number of nitrogens with one attached hydrogen (secondary N) is 1. The number of hydrogen-bond acceptors (Lipinski definition) is 5. The molecule has 1 aliphatic rings. The standard InChI is InChI=1S/C27H49NO5/c1-3-5-7-9-10-11-12-13-14-15-16-18-23(32-26(30)21-28-22-29)20-25-24(27(31)33-25)19-17-8-6-4-2/h22-25H,3-21H2,1-2H3,(H,28,29)/t23-,24-,25+/m1/s1. The van der Waals surface area contributed by atoms with Crippen LogP contribution >= 0.6 is 0 Å². The van der Waals surface area contributed by atoms with E-state index in [0.29, 0.717) is 12.8 Å². The van der Waals surface area contributed by atoms with Crippen molar-refractivity contribution in [2.24, 2.45) is 5.92 Å². The highest BCUT2D eigenvalue weighted by atomic mass is 16.6. The van der Waals surface area contributed by atoms with Crippen molar-refractivity contribution in [3.8, 4) is 0 Å². The van der Waals surface area contributed by atoms with Crippen LogP contribution in [-0.2, 0) is 23.9 Å². The van der Waals surface area contributed by atoms with Gasteiger partial charge >= 0.3 is 11.9 Å². The van der Waals surface area contributed by atoms with Crippen molar-refractivity contribution < 1.29 is 23.9 Å². The Morgan fingerprint density at radius 2 is 1.45 bits per heavy atom. The molecule has 33 heavy (non-hydrogen) atoms. The Bertz CT molecular complexity index is 525. The second kappa shape index (κ2) is 19.8. The van der Waals surface area contributed by atoms with E-state index in [4.69, 9.17) is 9.47 Å². The molecule has 1 heterocycles. The van der Waals surface area contributed by atoms with Crippen LogP contribution < -0.4 is 5.32 Å². The van der Waals surface area contributed by atoms with E-state index in [0.717, 1.165) is 38.5 Å². The molecule has 192 valence electrons. The third-order valence-corrected chi connectivity index (χ3v) is 6.64. The first-order chi connectivity index (χ1) is 16.1. The molecule has 0 unspecified atom stereocenters. The lowest BCUT2D eigenvalue weighted by molar-refractivity contribution is -0.190. The van der Waals surface area contributed by atoms with Crippen molar-refractivity contribution in [2.45, 2.75) is 142 Å². The minimum absolute atomic E-state index is 0.0616. The van der Waals surface area contributed by atoms with Crippen molar-refractivity contribution >= 4 is 18.3 Å². The van der Waals surface area contributed by atoms with E-state index in [1.54, 1.807) is 0 Å². The molecular formula is C27H49NO5. The predicted molar refractivity (Wildman–Crippen MR) is 132 cm³/mol. The van der Waals surface area contributed by atoms with Crippen molar-refractivity contribution in [1.82, 2.24) is 5.32 Å². The lowest BCUT2D eigenvalue weighted by Crippen LogP contribution is -2.47. The number of rotatable bonds is 23. The van der Waals surface area contributed by atoms with Crippen LogP contribution in [0.25, 0.3) is 0 Å². The summed E-state index contributed by atoms with van der Waals surface area (Å²) in [4.78, 5) is 34.4. The molecule has 1 fully saturated rings. The molecule has 1 saturated heterocycles. The van der Waals surface area contributed by atoms with Crippen LogP contribution in [0.15, 0.2) is 0 Å². The number of esters is 2. The number of unbranched alkanes of at least 4 members (excludes halogenated alkanes) is 13. The van der Waals surface area contributed by atoms with E-state index >= 15 is 0 Å². The van der Waals surface area contributed by atoms with Gasteiger partial charge in [-0.2, -0.15) is 0 Å². The Morgan fingerprint density at radius 3 is 2.00 bits per heavy atom. The van der Waals surface area contributed by atoms with Gasteiger partial charge in [0.25, 0.3) is 0 Å². The summed E-state index contributed by atoms with van der Waals surface area (Å²) < 4.78 is 11.0. The van der Waals surface area contributed by atoms with Gasteiger partial charge in [-0.15, -0.1) is 0 Å². The predicted octanol–water partition coefficient (Wildman–Crippen LogP) is 6.25. The molecule has 0 spiro atoms. The van der Waals surface area contributed by atoms with Gasteiger partial charge in [-0.3, -0.25) is 14.4 Å². The van der Waals surface area contributed by atoms with Crippen molar-refractivity contribution in [2.75, 3.05) is 6.54 Å². The number of carbonyl (C=O) groups is 3. The van der Waals surface area contributed by atoms with Crippen LogP contribution in [0, 0.1) is 5.92 Å². The number of hydrogen-bond donors (Lipinski definition) is 1. The van der Waals surface area contributed by atoms with Crippen molar-refractivity contribution in [3.63, 3.8) is 0 Å². The van der Waals surface area contributed by atoms with Gasteiger partial charge in [-0.1, -0.05) is 104 Å². The van der Waals surface area contributed by atoms with Crippen molar-refractivity contribution in [3.05, 3.63) is 0 Å². The van der Waals surface area contributed by atoms with Crippen LogP contribution in [0.3, 0.4) is 0 Å². The average molecular weight is 468 g/mol. The molecule has 0 aliphatic carbocycles. The molecule has 0 aromatic carbocycles. The van der Waals surface area contributed by atoms with E-state index in [9.17, 15) is 14.4 Å². The molecular weight excluding hydrogens is 418 g/mol. The molecule has 3 atom stereocenters. The summed E-state index contributed by atoms with van der Waals surface area (Å²) in [5, 5.41) is 2.36. The fraction of sp³-hybridized carbons (Fsp3) is 0.889. The maximum atomic E-state index is 12.0. The van der Waals surface area contributed by atoms with Crippen LogP contribution in [0.5, 0.6) is 0 Å². The highest BCUT2D eigenvalue weighted by Gasteiger charge is 2.43. The van der Waals surface area contributed by atoms with E-state index in [1.807, 2.05) is 0 Å². The van der Waals surface area contributed by atoms with E-state index < -0.39 is 5.97 Å². The summed E-state index contributed by atoms with van der Waals surface area (Å²) in [5.74, 6) is -0.604. The second-order valence-electron chi connectivity index (χ2n) is 9.60. The first kappa shape index (κ1) is 29.4. The maximum Gasteiger partial charge on any atom is 0.325 e. The maximum absolute atomic E-state index is 12.0. The molecule has 1 rings (SSSR count). The zero-order valence-electron chi connectivity index (χ0n) is 21.3. The fourth-order valence-corrected chi connectivity index (χ4v) is 4.58. The van der Waals surface area contributed by atoms with Crippen LogP contribution in [0.4, 0.5) is 0 Å². The summed E-state index contributed by atoms with van der Waals surface area (Å²) in [5.41, 5.74) is 0. The van der Waals surface area contributed by atoms with Gasteiger partial charge in [0.1, 0.15) is 18.8 Å². The van der Waals surface area contributed by atoms with E-state index in [-0.39, 0.29) is 30.6 Å². The molecule has 0 aromatic heterocycles. The zero-order valence-corrected chi connectivity index (χ0v) is 21.3. The summed E-state index contributed by atoms with van der Waals surface area (Å²) >= 11 is 0. The van der Waals surface area contributed by atoms with E-state index in [1.165, 1.54) is 70.6 Å². The summed E-state index contributed by atoms with van der Waals surface area (Å²) in [6, 6.07) is 0. The van der Waals surface area contributed by atoms with Crippen LogP contribution in [0.2, 0.25) is 0 Å². The largest absolute Gasteiger partial charge is 0.461 e. The highest BCUT2D eigenvalue weighted by Crippen LogP contribution is 2.32. The first-order valence-corrected chi connectivity index (χ1v) is 13.7. The summed E-state index contributed by atoms with van der Waals surface area (Å²) in [7, 11) is 0. The lowest BCUT2D eigenvalue weighted by atomic mass is 9.86. The van der Waals surface area contributed by atoms with Crippen molar-refractivity contribution in [1.29, 1.82) is 0 Å². The third kappa shape index (κ3) is 14.3. The topological polar surface area (TPSA) is 81.7 Å². The Balaban J connectivity index is 2.30. The molecule has 0 saturated carbocycles. The Labute approximate surface area is 201 Å². The summed E-state index contributed by atoms with van der Waals surface area (Å²) in [6.07, 6.45) is 20.8. The molecule has 0 aromatic rings. The van der Waals surface area contributed by atoms with Crippen LogP contribution in [-0.4, -0.2) is 37.1 Å². The van der Waals surface area contributed by atoms with Gasteiger partial charge in [0.15, 0.2) is 0 Å².